The second-order valence-corrected chi connectivity index (χ2v) is 7.41. The lowest BCUT2D eigenvalue weighted by Crippen LogP contribution is -2.29. The van der Waals surface area contributed by atoms with Crippen molar-refractivity contribution >= 4 is 28.0 Å². The van der Waals surface area contributed by atoms with Crippen LogP contribution in [0.15, 0.2) is 59.4 Å². The van der Waals surface area contributed by atoms with Crippen molar-refractivity contribution in [3.05, 3.63) is 70.6 Å². The van der Waals surface area contributed by atoms with Gasteiger partial charge in [-0.15, -0.1) is 0 Å². The van der Waals surface area contributed by atoms with E-state index in [9.17, 15) is 9.59 Å². The van der Waals surface area contributed by atoms with Crippen LogP contribution in [0.25, 0.3) is 15.5 Å². The molecule has 0 unspecified atom stereocenters. The summed E-state index contributed by atoms with van der Waals surface area (Å²) < 4.78 is 11.6. The summed E-state index contributed by atoms with van der Waals surface area (Å²) in [5.41, 5.74) is 1.57. The Hall–Kier alpha value is -3.92. The van der Waals surface area contributed by atoms with Crippen molar-refractivity contribution in [1.82, 2.24) is 19.9 Å². The van der Waals surface area contributed by atoms with Gasteiger partial charge in [0, 0.05) is 23.4 Å². The van der Waals surface area contributed by atoms with Crippen LogP contribution in [0.5, 0.6) is 11.5 Å². The van der Waals surface area contributed by atoms with E-state index in [0.717, 1.165) is 11.3 Å². The minimum absolute atomic E-state index is 0.0946. The molecule has 4 aromatic rings. The average molecular weight is 437 g/mol. The number of amides is 2. The van der Waals surface area contributed by atoms with Crippen molar-refractivity contribution in [3.63, 3.8) is 0 Å². The normalized spacial score (nSPS) is 10.6. The molecule has 0 spiro atoms. The van der Waals surface area contributed by atoms with Crippen LogP contribution in [-0.4, -0.2) is 34.8 Å². The van der Waals surface area contributed by atoms with Crippen LogP contribution in [-0.2, 0) is 6.54 Å². The maximum atomic E-state index is 12.5. The summed E-state index contributed by atoms with van der Waals surface area (Å²) in [6.07, 6.45) is 0. The molecule has 0 bridgehead atoms. The van der Waals surface area contributed by atoms with Gasteiger partial charge in [0.15, 0.2) is 0 Å². The molecule has 0 radical (unpaired) electrons. The highest BCUT2D eigenvalue weighted by Gasteiger charge is 2.12. The molecule has 2 aromatic heterocycles. The Morgan fingerprint density at radius 3 is 2.58 bits per heavy atom. The zero-order valence-corrected chi connectivity index (χ0v) is 17.6. The number of aromatic nitrogens is 3. The second kappa shape index (κ2) is 8.84. The summed E-state index contributed by atoms with van der Waals surface area (Å²) in [5, 5.41) is 10.4. The Balaban J connectivity index is 1.48. The van der Waals surface area contributed by atoms with Crippen molar-refractivity contribution in [1.29, 1.82) is 0 Å². The Morgan fingerprint density at radius 2 is 1.84 bits per heavy atom. The topological polar surface area (TPSA) is 107 Å². The van der Waals surface area contributed by atoms with Crippen molar-refractivity contribution in [2.45, 2.75) is 6.54 Å². The predicted octanol–water partition coefficient (Wildman–Crippen LogP) is 3.16. The fourth-order valence-electron chi connectivity index (χ4n) is 2.84. The predicted molar refractivity (Wildman–Crippen MR) is 118 cm³/mol. The minimum Gasteiger partial charge on any atom is -0.497 e. The van der Waals surface area contributed by atoms with Crippen LogP contribution < -0.4 is 25.7 Å². The van der Waals surface area contributed by atoms with Crippen LogP contribution in [0, 0.1) is 0 Å². The molecule has 0 saturated heterocycles. The van der Waals surface area contributed by atoms with E-state index in [0.29, 0.717) is 27.1 Å². The second-order valence-electron chi connectivity index (χ2n) is 6.46. The monoisotopic (exact) mass is 437 g/mol. The molecular weight excluding hydrogens is 418 g/mol. The quantitative estimate of drug-likeness (QED) is 0.480. The first-order chi connectivity index (χ1) is 15.1. The molecule has 2 heterocycles. The van der Waals surface area contributed by atoms with Gasteiger partial charge >= 0.3 is 6.03 Å². The summed E-state index contributed by atoms with van der Waals surface area (Å²) in [7, 11) is 3.15. The number of methoxy groups -OCH3 is 2. The van der Waals surface area contributed by atoms with Gasteiger partial charge < -0.3 is 20.1 Å². The number of hydrogen-bond donors (Lipinski definition) is 2. The number of carbonyl (C=O) groups is 1. The van der Waals surface area contributed by atoms with Crippen molar-refractivity contribution in [2.24, 2.45) is 0 Å². The molecule has 9 nitrogen and oxygen atoms in total. The molecule has 0 aliphatic rings. The Kier molecular flexibility index (Phi) is 5.80. The number of urea groups is 1. The fraction of sp³-hybridized carbons (Fsp3) is 0.143. The summed E-state index contributed by atoms with van der Waals surface area (Å²) in [4.78, 5) is 29.5. The Labute approximate surface area is 181 Å². The van der Waals surface area contributed by atoms with E-state index in [1.54, 1.807) is 38.5 Å². The van der Waals surface area contributed by atoms with Crippen LogP contribution in [0.2, 0.25) is 0 Å². The molecule has 2 aromatic carbocycles. The standard InChI is InChI=1S/C21H19N5O4S/c1-29-16-8-6-13(7-9-16)19-25-26-18(27)11-15(24-21(26)31-19)12-22-20(28)23-14-4-3-5-17(10-14)30-2/h3-11H,12H2,1-2H3,(H2,22,23,28). The van der Waals surface area contributed by atoms with Crippen LogP contribution >= 0.6 is 11.3 Å². The molecule has 0 aliphatic carbocycles. The van der Waals surface area contributed by atoms with Gasteiger partial charge in [-0.1, -0.05) is 17.4 Å². The van der Waals surface area contributed by atoms with E-state index in [-0.39, 0.29) is 12.1 Å². The number of anilines is 1. The fourth-order valence-corrected chi connectivity index (χ4v) is 3.77. The average Bonchev–Trinajstić information content (AvgIpc) is 3.23. The maximum Gasteiger partial charge on any atom is 0.319 e. The van der Waals surface area contributed by atoms with Gasteiger partial charge in [-0.25, -0.2) is 9.78 Å². The SMILES string of the molecule is COc1ccc(-c2nn3c(=O)cc(CNC(=O)Nc4cccc(OC)c4)nc3s2)cc1. The van der Waals surface area contributed by atoms with Crippen LogP contribution in [0.1, 0.15) is 5.69 Å². The highest BCUT2D eigenvalue weighted by Crippen LogP contribution is 2.26. The third-order valence-electron chi connectivity index (χ3n) is 4.39. The summed E-state index contributed by atoms with van der Waals surface area (Å²) in [6, 6.07) is 15.3. The first-order valence-corrected chi connectivity index (χ1v) is 10.1. The third kappa shape index (κ3) is 4.64. The number of hydrogen-bond acceptors (Lipinski definition) is 7. The van der Waals surface area contributed by atoms with Crippen molar-refractivity contribution in [2.75, 3.05) is 19.5 Å². The number of rotatable bonds is 6. The molecule has 0 saturated carbocycles. The van der Waals surface area contributed by atoms with E-state index >= 15 is 0 Å². The largest absolute Gasteiger partial charge is 0.497 e. The van der Waals surface area contributed by atoms with Gasteiger partial charge in [-0.05, 0) is 36.4 Å². The zero-order valence-electron chi connectivity index (χ0n) is 16.8. The van der Waals surface area contributed by atoms with Gasteiger partial charge in [-0.2, -0.15) is 9.61 Å². The summed E-state index contributed by atoms with van der Waals surface area (Å²) >= 11 is 1.29. The van der Waals surface area contributed by atoms with E-state index < -0.39 is 6.03 Å². The van der Waals surface area contributed by atoms with E-state index in [1.807, 2.05) is 24.3 Å². The zero-order chi connectivity index (χ0) is 21.8. The van der Waals surface area contributed by atoms with E-state index in [4.69, 9.17) is 9.47 Å². The number of nitrogens with zero attached hydrogens (tertiary/aromatic N) is 3. The van der Waals surface area contributed by atoms with Gasteiger partial charge in [0.1, 0.15) is 16.5 Å². The molecule has 158 valence electrons. The molecule has 0 aliphatic heterocycles. The number of carbonyl (C=O) groups excluding carboxylic acids is 1. The third-order valence-corrected chi connectivity index (χ3v) is 5.35. The molecule has 0 fully saturated rings. The highest BCUT2D eigenvalue weighted by atomic mass is 32.1. The number of nitrogens with one attached hydrogen (secondary N) is 2. The Morgan fingerprint density at radius 1 is 1.06 bits per heavy atom. The molecule has 10 heteroatoms. The molecular formula is C21H19N5O4S. The number of ether oxygens (including phenoxy) is 2. The summed E-state index contributed by atoms with van der Waals surface area (Å²) in [5.74, 6) is 1.37. The van der Waals surface area contributed by atoms with Crippen molar-refractivity contribution < 1.29 is 14.3 Å². The van der Waals surface area contributed by atoms with Gasteiger partial charge in [0.05, 0.1) is 26.5 Å². The Bertz CT molecular complexity index is 1280. The molecule has 0 atom stereocenters. The maximum absolute atomic E-state index is 12.5. The number of fused-ring (bicyclic) bond motifs is 1. The van der Waals surface area contributed by atoms with E-state index in [1.165, 1.54) is 21.9 Å². The van der Waals surface area contributed by atoms with E-state index in [2.05, 4.69) is 20.7 Å². The van der Waals surface area contributed by atoms with Crippen LogP contribution in [0.3, 0.4) is 0 Å². The van der Waals surface area contributed by atoms with Gasteiger partial charge in [0.25, 0.3) is 5.56 Å². The molecule has 31 heavy (non-hydrogen) atoms. The first kappa shape index (κ1) is 20.4. The van der Waals surface area contributed by atoms with Gasteiger partial charge in [0.2, 0.25) is 4.96 Å². The summed E-state index contributed by atoms with van der Waals surface area (Å²) in [6.45, 7) is 0.0946. The smallest absolute Gasteiger partial charge is 0.319 e. The lowest BCUT2D eigenvalue weighted by atomic mass is 10.2. The highest BCUT2D eigenvalue weighted by molar-refractivity contribution is 7.19. The van der Waals surface area contributed by atoms with Gasteiger partial charge in [-0.3, -0.25) is 4.79 Å². The molecule has 2 amide bonds. The first-order valence-electron chi connectivity index (χ1n) is 9.29. The molecule has 4 rings (SSSR count). The van der Waals surface area contributed by atoms with Crippen molar-refractivity contribution in [3.8, 4) is 22.1 Å². The van der Waals surface area contributed by atoms with Crippen LogP contribution in [0.4, 0.5) is 10.5 Å². The molecule has 2 N–H and O–H groups in total. The number of benzene rings is 2. The minimum atomic E-state index is -0.418. The lowest BCUT2D eigenvalue weighted by Gasteiger charge is -2.08. The lowest BCUT2D eigenvalue weighted by molar-refractivity contribution is 0.251.